The molecule has 3 heteroatoms. The Bertz CT molecular complexity index is 370. The predicted octanol–water partition coefficient (Wildman–Crippen LogP) is 4.14. The Morgan fingerprint density at radius 1 is 1.21 bits per heavy atom. The van der Waals surface area contributed by atoms with Crippen LogP contribution in [0.1, 0.15) is 46.0 Å². The monoisotopic (exact) mass is 261 g/mol. The third kappa shape index (κ3) is 4.73. The Hall–Kier alpha value is -1.25. The third-order valence-corrected chi connectivity index (χ3v) is 4.13. The molecule has 0 amide bonds. The normalized spacial score (nSPS) is 23.1. The molecule has 0 atom stereocenters. The number of rotatable bonds is 6. The minimum Gasteiger partial charge on any atom is -0.385 e. The predicted molar refractivity (Wildman–Crippen MR) is 82.6 cm³/mol. The zero-order chi connectivity index (χ0) is 13.5. The van der Waals surface area contributed by atoms with Crippen molar-refractivity contribution < 1.29 is 0 Å². The first-order valence-corrected chi connectivity index (χ1v) is 7.71. The van der Waals surface area contributed by atoms with Gasteiger partial charge in [-0.15, -0.1) is 0 Å². The molecule has 1 aliphatic rings. The van der Waals surface area contributed by atoms with Gasteiger partial charge < -0.3 is 10.6 Å². The molecule has 0 aliphatic heterocycles. The van der Waals surface area contributed by atoms with Crippen LogP contribution in [-0.4, -0.2) is 18.1 Å². The van der Waals surface area contributed by atoms with Gasteiger partial charge in [-0.3, -0.25) is 0 Å². The summed E-state index contributed by atoms with van der Waals surface area (Å²) in [5.41, 5.74) is 1.18. The quantitative estimate of drug-likeness (QED) is 0.808. The topological polar surface area (TPSA) is 37.0 Å². The van der Waals surface area contributed by atoms with Crippen molar-refractivity contribution in [3.05, 3.63) is 18.3 Å². The first-order chi connectivity index (χ1) is 9.28. The Labute approximate surface area is 117 Å². The molecular formula is C16H27N3. The van der Waals surface area contributed by atoms with Gasteiger partial charge in [-0.25, -0.2) is 4.98 Å². The number of nitrogens with zero attached hydrogens (tertiary/aromatic N) is 1. The number of hydrogen-bond acceptors (Lipinski definition) is 3. The van der Waals surface area contributed by atoms with E-state index in [0.29, 0.717) is 0 Å². The molecule has 1 aromatic rings. The van der Waals surface area contributed by atoms with Crippen molar-refractivity contribution in [2.45, 2.75) is 46.0 Å². The highest BCUT2D eigenvalue weighted by molar-refractivity contribution is 5.51. The number of aromatic nitrogens is 1. The molecule has 0 bridgehead atoms. The van der Waals surface area contributed by atoms with Crippen molar-refractivity contribution in [2.24, 2.45) is 11.8 Å². The highest BCUT2D eigenvalue weighted by Gasteiger charge is 2.17. The molecule has 19 heavy (non-hydrogen) atoms. The summed E-state index contributed by atoms with van der Waals surface area (Å²) in [6, 6.07) is 4.14. The Morgan fingerprint density at radius 2 is 2.00 bits per heavy atom. The molecule has 1 heterocycles. The molecule has 1 aliphatic carbocycles. The van der Waals surface area contributed by atoms with E-state index >= 15 is 0 Å². The van der Waals surface area contributed by atoms with Crippen LogP contribution in [0.5, 0.6) is 0 Å². The van der Waals surface area contributed by atoms with Crippen molar-refractivity contribution in [3.63, 3.8) is 0 Å². The molecule has 0 aromatic carbocycles. The van der Waals surface area contributed by atoms with Crippen LogP contribution in [0.25, 0.3) is 0 Å². The number of hydrogen-bond donors (Lipinski definition) is 2. The lowest BCUT2D eigenvalue weighted by Gasteiger charge is -2.26. The van der Waals surface area contributed by atoms with Gasteiger partial charge >= 0.3 is 0 Å². The van der Waals surface area contributed by atoms with E-state index in [-0.39, 0.29) is 0 Å². The summed E-state index contributed by atoms with van der Waals surface area (Å²) >= 11 is 0. The highest BCUT2D eigenvalue weighted by Crippen LogP contribution is 2.30. The van der Waals surface area contributed by atoms with Crippen LogP contribution in [0.4, 0.5) is 11.5 Å². The molecular weight excluding hydrogens is 234 g/mol. The van der Waals surface area contributed by atoms with Gasteiger partial charge in [-0.1, -0.05) is 32.6 Å². The SMILES string of the molecule is CCNc1cc(NCCC2CCC(C)CC2)ccn1. The number of pyridine rings is 1. The van der Waals surface area contributed by atoms with Gasteiger partial charge in [0.1, 0.15) is 5.82 Å². The average Bonchev–Trinajstić information content (AvgIpc) is 2.42. The van der Waals surface area contributed by atoms with Crippen LogP contribution in [0, 0.1) is 11.8 Å². The maximum atomic E-state index is 4.28. The average molecular weight is 261 g/mol. The van der Waals surface area contributed by atoms with Gasteiger partial charge in [0.15, 0.2) is 0 Å². The number of nitrogens with one attached hydrogen (secondary N) is 2. The molecule has 2 N–H and O–H groups in total. The summed E-state index contributed by atoms with van der Waals surface area (Å²) in [7, 11) is 0. The van der Waals surface area contributed by atoms with Crippen molar-refractivity contribution in [1.29, 1.82) is 0 Å². The molecule has 106 valence electrons. The van der Waals surface area contributed by atoms with Gasteiger partial charge in [0, 0.05) is 31.0 Å². The molecule has 0 spiro atoms. The smallest absolute Gasteiger partial charge is 0.127 e. The molecule has 3 nitrogen and oxygen atoms in total. The van der Waals surface area contributed by atoms with Crippen molar-refractivity contribution >= 4 is 11.5 Å². The van der Waals surface area contributed by atoms with E-state index in [1.54, 1.807) is 0 Å². The molecule has 2 rings (SSSR count). The van der Waals surface area contributed by atoms with Crippen molar-refractivity contribution in [3.8, 4) is 0 Å². The second kappa shape index (κ2) is 7.37. The fourth-order valence-electron chi connectivity index (χ4n) is 2.86. The minimum absolute atomic E-state index is 0.913. The van der Waals surface area contributed by atoms with Crippen LogP contribution in [-0.2, 0) is 0 Å². The zero-order valence-electron chi connectivity index (χ0n) is 12.3. The second-order valence-corrected chi connectivity index (χ2v) is 5.80. The summed E-state index contributed by atoms with van der Waals surface area (Å²) in [5.74, 6) is 2.84. The van der Waals surface area contributed by atoms with E-state index in [2.05, 4.69) is 35.5 Å². The van der Waals surface area contributed by atoms with E-state index in [0.717, 1.165) is 30.7 Å². The standard InChI is InChI=1S/C16H27N3/c1-3-17-16-12-15(9-11-19-16)18-10-8-14-6-4-13(2)5-7-14/h9,11-14H,3-8,10H2,1-2H3,(H2,17,18,19). The van der Waals surface area contributed by atoms with E-state index in [1.165, 1.54) is 37.8 Å². The molecule has 0 radical (unpaired) electrons. The summed E-state index contributed by atoms with van der Waals surface area (Å²) in [6.45, 7) is 6.46. The van der Waals surface area contributed by atoms with Crippen LogP contribution in [0.3, 0.4) is 0 Å². The maximum Gasteiger partial charge on any atom is 0.127 e. The van der Waals surface area contributed by atoms with E-state index in [1.807, 2.05) is 12.3 Å². The largest absolute Gasteiger partial charge is 0.385 e. The van der Waals surface area contributed by atoms with E-state index in [9.17, 15) is 0 Å². The molecule has 0 saturated heterocycles. The molecule has 0 unspecified atom stereocenters. The Kier molecular flexibility index (Phi) is 5.49. The van der Waals surface area contributed by atoms with Crippen molar-refractivity contribution in [2.75, 3.05) is 23.7 Å². The number of anilines is 2. The minimum atomic E-state index is 0.913. The zero-order valence-corrected chi connectivity index (χ0v) is 12.3. The third-order valence-electron chi connectivity index (χ3n) is 4.13. The lowest BCUT2D eigenvalue weighted by Crippen LogP contribution is -2.15. The van der Waals surface area contributed by atoms with Gasteiger partial charge in [0.25, 0.3) is 0 Å². The first-order valence-electron chi connectivity index (χ1n) is 7.71. The van der Waals surface area contributed by atoms with Crippen LogP contribution in [0.2, 0.25) is 0 Å². The lowest BCUT2D eigenvalue weighted by molar-refractivity contribution is 0.282. The highest BCUT2D eigenvalue weighted by atomic mass is 15.0. The molecule has 1 saturated carbocycles. The van der Waals surface area contributed by atoms with Crippen molar-refractivity contribution in [1.82, 2.24) is 4.98 Å². The summed E-state index contributed by atoms with van der Waals surface area (Å²) in [6.07, 6.45) is 8.84. The maximum absolute atomic E-state index is 4.28. The second-order valence-electron chi connectivity index (χ2n) is 5.80. The lowest BCUT2D eigenvalue weighted by atomic mass is 9.81. The Balaban J connectivity index is 1.71. The van der Waals surface area contributed by atoms with Gasteiger partial charge in [0.2, 0.25) is 0 Å². The summed E-state index contributed by atoms with van der Waals surface area (Å²) < 4.78 is 0. The fourth-order valence-corrected chi connectivity index (χ4v) is 2.86. The molecule has 1 aromatic heterocycles. The fraction of sp³-hybridized carbons (Fsp3) is 0.688. The summed E-state index contributed by atoms with van der Waals surface area (Å²) in [5, 5.41) is 6.76. The van der Waals surface area contributed by atoms with Crippen LogP contribution in [0.15, 0.2) is 18.3 Å². The van der Waals surface area contributed by atoms with E-state index < -0.39 is 0 Å². The van der Waals surface area contributed by atoms with E-state index in [4.69, 9.17) is 0 Å². The summed E-state index contributed by atoms with van der Waals surface area (Å²) in [4.78, 5) is 4.28. The van der Waals surface area contributed by atoms with Gasteiger partial charge in [0.05, 0.1) is 0 Å². The first kappa shape index (κ1) is 14.2. The van der Waals surface area contributed by atoms with Crippen LogP contribution >= 0.6 is 0 Å². The molecule has 1 fully saturated rings. The van der Waals surface area contributed by atoms with Gasteiger partial charge in [-0.2, -0.15) is 0 Å². The van der Waals surface area contributed by atoms with Gasteiger partial charge in [-0.05, 0) is 31.2 Å². The van der Waals surface area contributed by atoms with Crippen LogP contribution < -0.4 is 10.6 Å². The Morgan fingerprint density at radius 3 is 2.74 bits per heavy atom.